The molecule has 0 amide bonds. The molecule has 2 heterocycles. The van der Waals surface area contributed by atoms with Gasteiger partial charge in [0.25, 0.3) is 0 Å². The Labute approximate surface area is 242 Å². The Hall–Kier alpha value is -2.94. The molecule has 0 unspecified atom stereocenters. The maximum atomic E-state index is 10.7. The first-order valence-corrected chi connectivity index (χ1v) is 13.7. The molecule has 9 atom stereocenters. The predicted molar refractivity (Wildman–Crippen MR) is 147 cm³/mol. The Kier molecular flexibility index (Phi) is 9.55. The molecule has 0 aromatic heterocycles. The second-order valence-electron chi connectivity index (χ2n) is 10.5. The minimum absolute atomic E-state index is 0.180. The van der Waals surface area contributed by atoms with E-state index in [1.165, 1.54) is 0 Å². The van der Waals surface area contributed by atoms with E-state index in [0.29, 0.717) is 5.75 Å². The van der Waals surface area contributed by atoms with Gasteiger partial charge < -0.3 is 54.7 Å². The van der Waals surface area contributed by atoms with Crippen molar-refractivity contribution in [1.82, 2.24) is 0 Å². The zero-order chi connectivity index (χ0) is 29.9. The number of ether oxygens (including phenoxy) is 4. The van der Waals surface area contributed by atoms with Gasteiger partial charge in [-0.05, 0) is 17.2 Å². The molecule has 11 heteroatoms. The molecule has 2 saturated heterocycles. The molecular formula is C31H36O11. The lowest BCUT2D eigenvalue weighted by atomic mass is 9.85. The largest absolute Gasteiger partial charge is 0.490 e. The summed E-state index contributed by atoms with van der Waals surface area (Å²) in [5, 5.41) is 72.0. The molecule has 42 heavy (non-hydrogen) atoms. The molecule has 11 nitrogen and oxygen atoms in total. The van der Waals surface area contributed by atoms with E-state index in [0.717, 1.165) is 16.7 Å². The average molecular weight is 585 g/mol. The first kappa shape index (κ1) is 30.5. The van der Waals surface area contributed by atoms with Gasteiger partial charge in [0.05, 0.1) is 6.61 Å². The third-order valence-electron chi connectivity index (χ3n) is 7.79. The fourth-order valence-corrected chi connectivity index (χ4v) is 5.48. The number of para-hydroxylation sites is 1. The summed E-state index contributed by atoms with van der Waals surface area (Å²) in [5.74, 6) is -1.95. The molecule has 0 radical (unpaired) electrons. The fraction of sp³-hybridized carbons (Fsp3) is 0.419. The minimum atomic E-state index is -2.27. The van der Waals surface area contributed by atoms with Crippen LogP contribution in [0.2, 0.25) is 0 Å². The van der Waals surface area contributed by atoms with E-state index < -0.39 is 68.0 Å². The molecule has 0 saturated carbocycles. The SMILES string of the molecule is OC[C@H]1O[C@@](CO)(O[C@H]2O[C@H](COc3ccccc3C(c3ccccc3)c3ccccc3)[C@@H](O)[C@H](O)[C@H]2O)[C@@H](O)[C@@H]1O. The molecule has 3 aromatic carbocycles. The molecule has 2 aliphatic rings. The quantitative estimate of drug-likeness (QED) is 0.158. The number of hydrogen-bond donors (Lipinski definition) is 7. The number of aliphatic hydroxyl groups is 7. The summed E-state index contributed by atoms with van der Waals surface area (Å²) in [4.78, 5) is 0. The first-order valence-electron chi connectivity index (χ1n) is 13.7. The van der Waals surface area contributed by atoms with Gasteiger partial charge >= 0.3 is 0 Å². The predicted octanol–water partition coefficient (Wildman–Crippen LogP) is -0.129. The monoisotopic (exact) mass is 584 g/mol. The van der Waals surface area contributed by atoms with Gasteiger partial charge in [0.2, 0.25) is 5.79 Å². The normalized spacial score (nSPS) is 33.1. The van der Waals surface area contributed by atoms with Gasteiger partial charge in [-0.2, -0.15) is 0 Å². The van der Waals surface area contributed by atoms with Crippen LogP contribution in [0.15, 0.2) is 84.9 Å². The Balaban J connectivity index is 1.37. The smallest absolute Gasteiger partial charge is 0.224 e. The third-order valence-corrected chi connectivity index (χ3v) is 7.79. The van der Waals surface area contributed by atoms with Crippen molar-refractivity contribution in [2.75, 3.05) is 19.8 Å². The summed E-state index contributed by atoms with van der Waals surface area (Å²) in [6, 6.07) is 27.2. The van der Waals surface area contributed by atoms with Gasteiger partial charge in [0, 0.05) is 11.5 Å². The van der Waals surface area contributed by atoms with Crippen LogP contribution in [0.4, 0.5) is 0 Å². The number of aliphatic hydroxyl groups excluding tert-OH is 7. The highest BCUT2D eigenvalue weighted by Crippen LogP contribution is 2.38. The van der Waals surface area contributed by atoms with E-state index in [9.17, 15) is 35.7 Å². The lowest BCUT2D eigenvalue weighted by Crippen LogP contribution is -2.63. The second kappa shape index (κ2) is 13.1. The summed E-state index contributed by atoms with van der Waals surface area (Å²) in [5.41, 5.74) is 2.92. The van der Waals surface area contributed by atoms with Crippen LogP contribution in [0.25, 0.3) is 0 Å². The molecule has 2 fully saturated rings. The van der Waals surface area contributed by atoms with Gasteiger partial charge in [-0.3, -0.25) is 0 Å². The molecule has 0 bridgehead atoms. The van der Waals surface area contributed by atoms with Gasteiger partial charge in [0.15, 0.2) is 6.29 Å². The zero-order valence-corrected chi connectivity index (χ0v) is 22.7. The first-order chi connectivity index (χ1) is 20.3. The van der Waals surface area contributed by atoms with Gasteiger partial charge in [-0.15, -0.1) is 0 Å². The van der Waals surface area contributed by atoms with Crippen LogP contribution >= 0.6 is 0 Å². The molecule has 0 spiro atoms. The maximum Gasteiger partial charge on any atom is 0.224 e. The lowest BCUT2D eigenvalue weighted by molar-refractivity contribution is -0.383. The van der Waals surface area contributed by atoms with Crippen molar-refractivity contribution in [3.05, 3.63) is 102 Å². The van der Waals surface area contributed by atoms with Crippen molar-refractivity contribution in [2.24, 2.45) is 0 Å². The van der Waals surface area contributed by atoms with Crippen LogP contribution in [-0.2, 0) is 14.2 Å². The summed E-state index contributed by atoms with van der Waals surface area (Å²) >= 11 is 0. The van der Waals surface area contributed by atoms with Crippen LogP contribution in [0, 0.1) is 0 Å². The van der Waals surface area contributed by atoms with Crippen molar-refractivity contribution in [1.29, 1.82) is 0 Å². The summed E-state index contributed by atoms with van der Waals surface area (Å²) < 4.78 is 22.9. The molecule has 3 aromatic rings. The highest BCUT2D eigenvalue weighted by atomic mass is 16.8. The maximum absolute atomic E-state index is 10.7. The average Bonchev–Trinajstić information content (AvgIpc) is 3.27. The summed E-state index contributed by atoms with van der Waals surface area (Å²) in [6.07, 6.45) is -12.8. The van der Waals surface area contributed by atoms with Crippen LogP contribution in [0.5, 0.6) is 5.75 Å². The molecule has 5 rings (SSSR count). The van der Waals surface area contributed by atoms with Gasteiger partial charge in [0.1, 0.15) is 61.7 Å². The van der Waals surface area contributed by atoms with E-state index in [1.807, 2.05) is 72.8 Å². The van der Waals surface area contributed by atoms with Crippen LogP contribution in [0.3, 0.4) is 0 Å². The van der Waals surface area contributed by atoms with E-state index >= 15 is 0 Å². The van der Waals surface area contributed by atoms with Crippen LogP contribution < -0.4 is 4.74 Å². The fourth-order valence-electron chi connectivity index (χ4n) is 5.48. The topological polar surface area (TPSA) is 179 Å². The Bertz CT molecular complexity index is 1240. The van der Waals surface area contributed by atoms with Gasteiger partial charge in [-0.1, -0.05) is 78.9 Å². The molecule has 7 N–H and O–H groups in total. The van der Waals surface area contributed by atoms with E-state index in [4.69, 9.17) is 18.9 Å². The highest BCUT2D eigenvalue weighted by molar-refractivity contribution is 5.49. The summed E-state index contributed by atoms with van der Waals surface area (Å²) in [6.45, 7) is -1.92. The van der Waals surface area contributed by atoms with Crippen LogP contribution in [0.1, 0.15) is 22.6 Å². The zero-order valence-electron chi connectivity index (χ0n) is 22.7. The third kappa shape index (κ3) is 5.94. The lowest BCUT2D eigenvalue weighted by Gasteiger charge is -2.43. The van der Waals surface area contributed by atoms with E-state index in [1.54, 1.807) is 12.1 Å². The summed E-state index contributed by atoms with van der Waals surface area (Å²) in [7, 11) is 0. The Morgan fingerprint density at radius 3 is 1.86 bits per heavy atom. The van der Waals surface area contributed by atoms with Crippen molar-refractivity contribution >= 4 is 0 Å². The second-order valence-corrected chi connectivity index (χ2v) is 10.5. The van der Waals surface area contributed by atoms with Crippen LogP contribution in [-0.4, -0.2) is 110 Å². The molecule has 226 valence electrons. The molecular weight excluding hydrogens is 548 g/mol. The van der Waals surface area contributed by atoms with Crippen molar-refractivity contribution in [3.8, 4) is 5.75 Å². The Morgan fingerprint density at radius 2 is 1.29 bits per heavy atom. The molecule has 2 aliphatic heterocycles. The van der Waals surface area contributed by atoms with E-state index in [-0.39, 0.29) is 12.5 Å². The van der Waals surface area contributed by atoms with Crippen molar-refractivity contribution in [3.63, 3.8) is 0 Å². The van der Waals surface area contributed by atoms with Crippen molar-refractivity contribution < 1.29 is 54.7 Å². The standard InChI is InChI=1S/C31H36O11/c32-15-22-26(35)29(38)31(17-33,41-22)42-30-28(37)27(36)25(34)23(40-30)16-39-21-14-8-7-13-20(21)24(18-9-3-1-4-10-18)19-11-5-2-6-12-19/h1-14,22-30,32-38H,15-17H2/t22-,23-,25-,26-,27+,28-,29+,30-,31+/m1/s1. The molecule has 0 aliphatic carbocycles. The number of hydrogen-bond acceptors (Lipinski definition) is 11. The number of rotatable bonds is 10. The Morgan fingerprint density at radius 1 is 0.690 bits per heavy atom. The van der Waals surface area contributed by atoms with Gasteiger partial charge in [-0.25, -0.2) is 0 Å². The number of benzene rings is 3. The highest BCUT2D eigenvalue weighted by Gasteiger charge is 2.58. The van der Waals surface area contributed by atoms with Crippen molar-refractivity contribution in [2.45, 2.75) is 60.7 Å². The van der Waals surface area contributed by atoms with E-state index in [2.05, 4.69) is 0 Å². The minimum Gasteiger partial charge on any atom is -0.490 e.